The van der Waals surface area contributed by atoms with Gasteiger partial charge in [0.25, 0.3) is 5.79 Å². The average Bonchev–Trinajstić information content (AvgIpc) is 3.62. The number of hydrogen-bond acceptors (Lipinski definition) is 7. The molecule has 0 amide bonds. The SMILES string of the molecule is COC(=O)c1cc2c(nc(Cc3ccc(-c4cccc5c4OC(C)(c4ccc(Cl)cc4F)O5)cc3F)n2CC2CCO2)s1. The molecule has 0 aliphatic carbocycles. The van der Waals surface area contributed by atoms with E-state index in [4.69, 9.17) is 35.5 Å². The highest BCUT2D eigenvalue weighted by atomic mass is 35.5. The van der Waals surface area contributed by atoms with E-state index in [9.17, 15) is 9.18 Å². The van der Waals surface area contributed by atoms with E-state index >= 15 is 4.39 Å². The van der Waals surface area contributed by atoms with Crippen molar-refractivity contribution in [3.8, 4) is 22.6 Å². The maximum atomic E-state index is 15.7. The summed E-state index contributed by atoms with van der Waals surface area (Å²) in [6.07, 6.45) is 1.21. The largest absolute Gasteiger partial charge is 0.465 e. The molecule has 0 N–H and O–H groups in total. The molecule has 0 radical (unpaired) electrons. The van der Waals surface area contributed by atoms with Gasteiger partial charge >= 0.3 is 5.97 Å². The topological polar surface area (TPSA) is 71.8 Å². The Kier molecular flexibility index (Phi) is 6.87. The lowest BCUT2D eigenvalue weighted by Crippen LogP contribution is -2.32. The van der Waals surface area contributed by atoms with E-state index in [2.05, 4.69) is 0 Å². The molecule has 11 heteroatoms. The standard InChI is InChI=1S/C32H25ClF2N2O5S/c1-32(22-9-8-19(33)14-24(22)35)41-26-5-3-4-21(29(26)42-32)17-6-7-18(23(34)12-17)13-28-36-30-25(15-27(43-30)31(38)39-2)37(28)16-20-10-11-40-20/h3-9,12,14-15,20H,10-11,13,16H2,1-2H3. The van der Waals surface area contributed by atoms with Crippen molar-refractivity contribution in [2.45, 2.75) is 38.2 Å². The monoisotopic (exact) mass is 622 g/mol. The summed E-state index contributed by atoms with van der Waals surface area (Å²) in [5, 5.41) is 0.265. The quantitative estimate of drug-likeness (QED) is 0.175. The molecule has 0 spiro atoms. The number of aromatic nitrogens is 2. The number of hydrogen-bond donors (Lipinski definition) is 0. The summed E-state index contributed by atoms with van der Waals surface area (Å²) < 4.78 is 55.3. The minimum absolute atomic E-state index is 0.0410. The number of esters is 1. The van der Waals surface area contributed by atoms with Crippen molar-refractivity contribution in [2.24, 2.45) is 0 Å². The Morgan fingerprint density at radius 3 is 2.70 bits per heavy atom. The summed E-state index contributed by atoms with van der Waals surface area (Å²) in [7, 11) is 1.34. The highest BCUT2D eigenvalue weighted by Gasteiger charge is 2.42. The zero-order valence-electron chi connectivity index (χ0n) is 23.2. The second kappa shape index (κ2) is 10.6. The van der Waals surface area contributed by atoms with Crippen LogP contribution in [0.4, 0.5) is 8.78 Å². The second-order valence-electron chi connectivity index (χ2n) is 10.6. The van der Waals surface area contributed by atoms with Gasteiger partial charge in [-0.25, -0.2) is 18.6 Å². The van der Waals surface area contributed by atoms with Crippen LogP contribution in [0.3, 0.4) is 0 Å². The fourth-order valence-electron chi connectivity index (χ4n) is 5.48. The van der Waals surface area contributed by atoms with E-state index in [-0.39, 0.29) is 23.1 Å². The zero-order valence-corrected chi connectivity index (χ0v) is 24.7. The van der Waals surface area contributed by atoms with Crippen molar-refractivity contribution < 1.29 is 32.5 Å². The summed E-state index contributed by atoms with van der Waals surface area (Å²) in [6.45, 7) is 2.89. The molecule has 3 aromatic carbocycles. The van der Waals surface area contributed by atoms with Crippen LogP contribution in [0, 0.1) is 11.6 Å². The van der Waals surface area contributed by atoms with Crippen LogP contribution >= 0.6 is 22.9 Å². The molecule has 2 aliphatic rings. The summed E-state index contributed by atoms with van der Waals surface area (Å²) in [5.74, 6) is -1.31. The van der Waals surface area contributed by atoms with Crippen molar-refractivity contribution in [3.63, 3.8) is 0 Å². The first kappa shape index (κ1) is 27.8. The van der Waals surface area contributed by atoms with Crippen molar-refractivity contribution in [1.29, 1.82) is 0 Å². The number of para-hydroxylation sites is 1. The van der Waals surface area contributed by atoms with Gasteiger partial charge in [-0.15, -0.1) is 11.3 Å². The normalized spacial score (nSPS) is 19.0. The molecule has 1 fully saturated rings. The van der Waals surface area contributed by atoms with Crippen LogP contribution < -0.4 is 9.47 Å². The maximum Gasteiger partial charge on any atom is 0.348 e. The van der Waals surface area contributed by atoms with Gasteiger partial charge in [-0.1, -0.05) is 35.9 Å². The van der Waals surface area contributed by atoms with E-state index in [0.29, 0.717) is 56.9 Å². The number of ether oxygens (including phenoxy) is 4. The van der Waals surface area contributed by atoms with Crippen LogP contribution in [0.15, 0.2) is 60.7 Å². The van der Waals surface area contributed by atoms with Gasteiger partial charge in [-0.3, -0.25) is 0 Å². The molecule has 43 heavy (non-hydrogen) atoms. The van der Waals surface area contributed by atoms with Gasteiger partial charge in [0.15, 0.2) is 11.5 Å². The lowest BCUT2D eigenvalue weighted by Gasteiger charge is -2.27. The van der Waals surface area contributed by atoms with Crippen molar-refractivity contribution in [1.82, 2.24) is 9.55 Å². The summed E-state index contributed by atoms with van der Waals surface area (Å²) in [6, 6.07) is 16.4. The molecule has 7 rings (SSSR count). The number of benzene rings is 3. The number of imidazole rings is 1. The Hall–Kier alpha value is -3.99. The highest BCUT2D eigenvalue weighted by Crippen LogP contribution is 2.49. The predicted molar refractivity (Wildman–Crippen MR) is 158 cm³/mol. The lowest BCUT2D eigenvalue weighted by atomic mass is 10.0. The van der Waals surface area contributed by atoms with Gasteiger partial charge in [0.2, 0.25) is 0 Å². The minimum atomic E-state index is -1.42. The first-order chi connectivity index (χ1) is 20.7. The highest BCUT2D eigenvalue weighted by molar-refractivity contribution is 7.20. The third-order valence-electron chi connectivity index (χ3n) is 7.81. The van der Waals surface area contributed by atoms with Crippen LogP contribution in [0.25, 0.3) is 21.5 Å². The van der Waals surface area contributed by atoms with Crippen molar-refractivity contribution >= 4 is 39.3 Å². The number of carbonyl (C=O) groups excluding carboxylic acids is 1. The first-order valence-electron chi connectivity index (χ1n) is 13.7. The third kappa shape index (κ3) is 4.93. The van der Waals surface area contributed by atoms with Crippen LogP contribution in [0.1, 0.15) is 40.0 Å². The van der Waals surface area contributed by atoms with Crippen molar-refractivity contribution in [3.05, 3.63) is 99.1 Å². The van der Waals surface area contributed by atoms with E-state index in [1.54, 1.807) is 43.3 Å². The Morgan fingerprint density at radius 2 is 1.98 bits per heavy atom. The number of carbonyl (C=O) groups is 1. The fraction of sp³-hybridized carbons (Fsp3) is 0.250. The molecular weight excluding hydrogens is 598 g/mol. The number of thiophene rings is 1. The molecule has 2 unspecified atom stereocenters. The second-order valence-corrected chi connectivity index (χ2v) is 12.1. The lowest BCUT2D eigenvalue weighted by molar-refractivity contribution is -0.0705. The molecule has 0 bridgehead atoms. The number of methoxy groups -OCH3 is 1. The molecular formula is C32H25ClF2N2O5S. The Balaban J connectivity index is 1.19. The van der Waals surface area contributed by atoms with Gasteiger partial charge in [0.1, 0.15) is 27.2 Å². The van der Waals surface area contributed by atoms with Crippen LogP contribution in [-0.2, 0) is 28.2 Å². The molecule has 5 aromatic rings. The van der Waals surface area contributed by atoms with Gasteiger partial charge in [-0.05, 0) is 53.9 Å². The summed E-state index contributed by atoms with van der Waals surface area (Å²) in [4.78, 5) is 18.0. The number of halogens is 3. The Bertz CT molecular complexity index is 1900. The van der Waals surface area contributed by atoms with E-state index in [1.807, 2.05) is 10.6 Å². The number of fused-ring (bicyclic) bond motifs is 2. The van der Waals surface area contributed by atoms with E-state index in [1.165, 1.54) is 36.6 Å². The molecule has 4 heterocycles. The van der Waals surface area contributed by atoms with Gasteiger partial charge in [-0.2, -0.15) is 0 Å². The van der Waals surface area contributed by atoms with Gasteiger partial charge in [0, 0.05) is 30.5 Å². The van der Waals surface area contributed by atoms with Crippen LogP contribution in [0.5, 0.6) is 11.5 Å². The number of rotatable bonds is 7. The van der Waals surface area contributed by atoms with Crippen LogP contribution in [-0.4, -0.2) is 35.3 Å². The Labute approximate surface area is 254 Å². The summed E-state index contributed by atoms with van der Waals surface area (Å²) in [5.41, 5.74) is 2.65. The molecule has 1 saturated heterocycles. The predicted octanol–water partition coefficient (Wildman–Crippen LogP) is 7.51. The van der Waals surface area contributed by atoms with E-state index < -0.39 is 23.4 Å². The molecule has 7 nitrogen and oxygen atoms in total. The Morgan fingerprint density at radius 1 is 1.14 bits per heavy atom. The molecule has 2 aromatic heterocycles. The molecule has 0 saturated carbocycles. The summed E-state index contributed by atoms with van der Waals surface area (Å²) >= 11 is 7.18. The van der Waals surface area contributed by atoms with E-state index in [0.717, 1.165) is 11.9 Å². The fourth-order valence-corrected chi connectivity index (χ4v) is 6.61. The zero-order chi connectivity index (χ0) is 29.9. The average molecular weight is 623 g/mol. The molecule has 2 atom stereocenters. The molecule has 2 aliphatic heterocycles. The third-order valence-corrected chi connectivity index (χ3v) is 9.04. The van der Waals surface area contributed by atoms with Gasteiger partial charge in [0.05, 0.1) is 30.8 Å². The first-order valence-corrected chi connectivity index (χ1v) is 14.9. The minimum Gasteiger partial charge on any atom is -0.465 e. The van der Waals surface area contributed by atoms with Crippen molar-refractivity contribution in [2.75, 3.05) is 13.7 Å². The smallest absolute Gasteiger partial charge is 0.348 e. The van der Waals surface area contributed by atoms with Gasteiger partial charge < -0.3 is 23.5 Å². The molecule has 220 valence electrons. The maximum absolute atomic E-state index is 15.7. The van der Waals surface area contributed by atoms with Crippen LogP contribution in [0.2, 0.25) is 5.02 Å². The number of nitrogens with zero attached hydrogens (tertiary/aromatic N) is 2.